The molecular weight excluding hydrogens is 772 g/mol. The first kappa shape index (κ1) is 36.3. The Labute approximate surface area is 296 Å². The molecule has 0 aliphatic carbocycles. The lowest BCUT2D eigenvalue weighted by molar-refractivity contribution is -0.0500. The lowest BCUT2D eigenvalue weighted by Crippen LogP contribution is -2.29. The van der Waals surface area contributed by atoms with Crippen molar-refractivity contribution < 1.29 is 44.8 Å². The molecule has 7 nitrogen and oxygen atoms in total. The molecule has 0 N–H and O–H groups in total. The van der Waals surface area contributed by atoms with Crippen molar-refractivity contribution in [3.8, 4) is 16.9 Å². The van der Waals surface area contributed by atoms with Crippen LogP contribution in [0, 0.1) is 17.4 Å². The van der Waals surface area contributed by atoms with Crippen molar-refractivity contribution >= 4 is 49.5 Å². The number of fused-ring (bicyclic) bond motifs is 1. The summed E-state index contributed by atoms with van der Waals surface area (Å²) in [6.45, 7) is 3.92. The van der Waals surface area contributed by atoms with Crippen molar-refractivity contribution in [2.75, 3.05) is 13.2 Å². The van der Waals surface area contributed by atoms with Crippen LogP contribution in [0.15, 0.2) is 103 Å². The fraction of sp³-hybridized carbons (Fsp3) is 0.216. The van der Waals surface area contributed by atoms with Crippen LogP contribution in [0.3, 0.4) is 0 Å². The Balaban J connectivity index is 1.54. The van der Waals surface area contributed by atoms with Gasteiger partial charge in [0.1, 0.15) is 6.10 Å². The summed E-state index contributed by atoms with van der Waals surface area (Å²) >= 11 is 1.73. The highest BCUT2D eigenvalue weighted by molar-refractivity contribution is 14.1. The molecule has 49 heavy (non-hydrogen) atoms. The van der Waals surface area contributed by atoms with Crippen LogP contribution in [0.5, 0.6) is 5.75 Å². The molecule has 5 aromatic rings. The van der Waals surface area contributed by atoms with E-state index in [0.29, 0.717) is 21.9 Å². The molecule has 12 heteroatoms. The summed E-state index contributed by atoms with van der Waals surface area (Å²) < 4.78 is 88.2. The van der Waals surface area contributed by atoms with Gasteiger partial charge < -0.3 is 18.4 Å². The highest BCUT2D eigenvalue weighted by Gasteiger charge is 2.49. The number of hydrogen-bond acceptors (Lipinski definition) is 7. The maximum atomic E-state index is 14.1. The minimum absolute atomic E-state index is 0.00929. The van der Waals surface area contributed by atoms with E-state index in [1.807, 2.05) is 60.7 Å². The Bertz CT molecular complexity index is 1990. The van der Waals surface area contributed by atoms with Crippen LogP contribution in [0.1, 0.15) is 32.6 Å². The van der Waals surface area contributed by atoms with E-state index in [1.54, 1.807) is 72.8 Å². The molecule has 0 aliphatic rings. The fourth-order valence-electron chi connectivity index (χ4n) is 5.34. The smallest absolute Gasteiger partial charge is 0.454 e. The molecule has 0 spiro atoms. The fourth-order valence-corrected chi connectivity index (χ4v) is 6.69. The number of esters is 1. The minimum Gasteiger partial charge on any atom is -0.454 e. The van der Waals surface area contributed by atoms with Crippen LogP contribution < -0.4 is 4.18 Å². The maximum absolute atomic E-state index is 14.1. The average molecular weight is 805 g/mol. The molecule has 256 valence electrons. The number of hydrogen-bond donors (Lipinski definition) is 0. The van der Waals surface area contributed by atoms with E-state index in [4.69, 9.17) is 18.4 Å². The molecule has 0 saturated carbocycles. The van der Waals surface area contributed by atoms with E-state index in [9.17, 15) is 26.4 Å². The Morgan fingerprint density at radius 3 is 1.90 bits per heavy atom. The first-order valence-corrected chi connectivity index (χ1v) is 17.6. The zero-order valence-corrected chi connectivity index (χ0v) is 29.5. The van der Waals surface area contributed by atoms with Crippen LogP contribution in [-0.4, -0.2) is 39.2 Å². The van der Waals surface area contributed by atoms with Crippen LogP contribution in [-0.2, 0) is 37.5 Å². The summed E-state index contributed by atoms with van der Waals surface area (Å²) in [6.07, 6.45) is -0.873. The predicted octanol–water partition coefficient (Wildman–Crippen LogP) is 8.92. The van der Waals surface area contributed by atoms with Gasteiger partial charge >= 0.3 is 21.6 Å². The van der Waals surface area contributed by atoms with Crippen LogP contribution in [0.4, 0.5) is 13.2 Å². The number of ether oxygens (including phenoxy) is 3. The first-order valence-electron chi connectivity index (χ1n) is 15.1. The Morgan fingerprint density at radius 1 is 0.776 bits per heavy atom. The molecule has 0 aliphatic heterocycles. The molecular formula is C37H32F3IO7S. The molecule has 0 amide bonds. The van der Waals surface area contributed by atoms with E-state index in [2.05, 4.69) is 0 Å². The summed E-state index contributed by atoms with van der Waals surface area (Å²) in [5, 5.41) is 0.977. The van der Waals surface area contributed by atoms with Gasteiger partial charge in [-0.05, 0) is 81.6 Å². The van der Waals surface area contributed by atoms with Gasteiger partial charge in [0, 0.05) is 11.1 Å². The average Bonchev–Trinajstić information content (AvgIpc) is 3.05. The van der Waals surface area contributed by atoms with Gasteiger partial charge in [-0.15, -0.1) is 0 Å². The molecule has 0 atom stereocenters. The topological polar surface area (TPSA) is 88.1 Å². The molecule has 5 aromatic carbocycles. The molecule has 0 fully saturated rings. The molecule has 0 radical (unpaired) electrons. The zero-order valence-electron chi connectivity index (χ0n) is 26.5. The largest absolute Gasteiger partial charge is 0.534 e. The number of carbonyl (C=O) groups excluding carboxylic acids is 1. The van der Waals surface area contributed by atoms with Crippen LogP contribution in [0.25, 0.3) is 21.9 Å². The number of carbonyl (C=O) groups is 1. The predicted molar refractivity (Wildman–Crippen MR) is 189 cm³/mol. The number of halogens is 4. The molecule has 0 bridgehead atoms. The monoisotopic (exact) mass is 804 g/mol. The summed E-state index contributed by atoms with van der Waals surface area (Å²) in [7, 11) is -6.07. The number of aryl methyl sites for hydroxylation is 2. The van der Waals surface area contributed by atoms with Gasteiger partial charge in [0.05, 0.1) is 35.6 Å². The lowest BCUT2D eigenvalue weighted by Gasteiger charge is -2.22. The number of rotatable bonds is 13. The van der Waals surface area contributed by atoms with Gasteiger partial charge in [0.25, 0.3) is 0 Å². The van der Waals surface area contributed by atoms with Gasteiger partial charge in [0.2, 0.25) is 0 Å². The Morgan fingerprint density at radius 2 is 1.33 bits per heavy atom. The van der Waals surface area contributed by atoms with E-state index in [1.165, 1.54) is 6.07 Å². The minimum atomic E-state index is -6.07. The van der Waals surface area contributed by atoms with E-state index >= 15 is 0 Å². The zero-order chi connectivity index (χ0) is 35.2. The summed E-state index contributed by atoms with van der Waals surface area (Å²) in [6, 6.07) is 30.5. The molecule has 0 saturated heterocycles. The lowest BCUT2D eigenvalue weighted by atomic mass is 9.89. The second kappa shape index (κ2) is 15.7. The second-order valence-corrected chi connectivity index (χ2v) is 14.0. The van der Waals surface area contributed by atoms with Gasteiger partial charge in [-0.25, -0.2) is 4.79 Å². The molecule has 0 aromatic heterocycles. The van der Waals surface area contributed by atoms with Crippen molar-refractivity contribution in [1.29, 1.82) is 0 Å². The third-order valence-corrected chi connectivity index (χ3v) is 9.24. The van der Waals surface area contributed by atoms with Crippen molar-refractivity contribution in [3.63, 3.8) is 0 Å². The second-order valence-electron chi connectivity index (χ2n) is 11.3. The molecule has 0 heterocycles. The van der Waals surface area contributed by atoms with Gasteiger partial charge in [-0.1, -0.05) is 91.0 Å². The maximum Gasteiger partial charge on any atom is 0.534 e. The van der Waals surface area contributed by atoms with Crippen molar-refractivity contribution in [2.45, 2.75) is 38.7 Å². The van der Waals surface area contributed by atoms with E-state index in [0.717, 1.165) is 11.1 Å². The summed E-state index contributed by atoms with van der Waals surface area (Å²) in [4.78, 5) is 14.1. The number of alkyl halides is 3. The third kappa shape index (κ3) is 8.98. The van der Waals surface area contributed by atoms with Crippen molar-refractivity contribution in [3.05, 3.63) is 135 Å². The normalized spacial score (nSPS) is 12.0. The van der Waals surface area contributed by atoms with Crippen molar-refractivity contribution in [2.24, 2.45) is 0 Å². The quantitative estimate of drug-likeness (QED) is 0.0509. The van der Waals surface area contributed by atoms with Crippen LogP contribution in [0.2, 0.25) is 0 Å². The standard InChI is InChI=1S/C37H32F3IO7S/c1-24-17-25(2)33(34-30-16-10-9-15-28(30)19-32(41)35(34)48-49(43,44)37(38,39)40)31(18-24)36(42)47-29(22-45-20-26-11-5-3-6-12-26)23-46-21-27-13-7-4-8-14-27/h3-19,29H,20-23H2,1-2H3. The molecule has 5 rings (SSSR count). The van der Waals surface area contributed by atoms with Gasteiger partial charge in [-0.2, -0.15) is 21.6 Å². The summed E-state index contributed by atoms with van der Waals surface area (Å²) in [5.74, 6) is -1.35. The number of benzene rings is 5. The molecule has 0 unspecified atom stereocenters. The third-order valence-electron chi connectivity index (χ3n) is 7.49. The van der Waals surface area contributed by atoms with E-state index in [-0.39, 0.29) is 46.7 Å². The van der Waals surface area contributed by atoms with Crippen molar-refractivity contribution in [1.82, 2.24) is 0 Å². The summed E-state index contributed by atoms with van der Waals surface area (Å²) in [5.41, 5.74) is -2.49. The van der Waals surface area contributed by atoms with Crippen LogP contribution >= 0.6 is 22.6 Å². The van der Waals surface area contributed by atoms with Gasteiger partial charge in [0.15, 0.2) is 5.75 Å². The SMILES string of the molecule is Cc1cc(C)c(-c2c(OS(=O)(=O)C(F)(F)F)c(I)cc3ccccc23)c(C(=O)OC(COCc2ccccc2)COCc2ccccc2)c1. The Kier molecular flexibility index (Phi) is 11.6. The van der Waals surface area contributed by atoms with Gasteiger partial charge in [-0.3, -0.25) is 0 Å². The highest BCUT2D eigenvalue weighted by atomic mass is 127. The van der Waals surface area contributed by atoms with E-state index < -0.39 is 33.4 Å². The Hall–Kier alpha value is -3.98. The first-order chi connectivity index (χ1) is 23.3. The highest BCUT2D eigenvalue weighted by Crippen LogP contribution is 2.45.